The zero-order valence-corrected chi connectivity index (χ0v) is 15.0. The van der Waals surface area contributed by atoms with Crippen LogP contribution in [0.3, 0.4) is 0 Å². The molecule has 3 aromatic carbocycles. The van der Waals surface area contributed by atoms with E-state index in [1.807, 2.05) is 24.3 Å². The highest BCUT2D eigenvalue weighted by Gasteiger charge is 2.14. The lowest BCUT2D eigenvalue weighted by atomic mass is 10.1. The molecule has 0 atom stereocenters. The molecule has 6 heteroatoms. The van der Waals surface area contributed by atoms with Crippen molar-refractivity contribution in [1.82, 2.24) is 0 Å². The lowest BCUT2D eigenvalue weighted by Gasteiger charge is -2.08. The quantitative estimate of drug-likeness (QED) is 0.500. The lowest BCUT2D eigenvalue weighted by Crippen LogP contribution is -2.14. The summed E-state index contributed by atoms with van der Waals surface area (Å²) < 4.78 is 25.5. The van der Waals surface area contributed by atoms with Crippen molar-refractivity contribution in [3.63, 3.8) is 0 Å². The van der Waals surface area contributed by atoms with Crippen molar-refractivity contribution < 1.29 is 23.1 Å². The third-order valence-electron chi connectivity index (χ3n) is 4.31. The van der Waals surface area contributed by atoms with E-state index in [0.717, 1.165) is 28.0 Å². The Morgan fingerprint density at radius 3 is 2.57 bits per heavy atom. The van der Waals surface area contributed by atoms with E-state index in [0.29, 0.717) is 11.4 Å². The Balaban J connectivity index is 1.51. The zero-order valence-electron chi connectivity index (χ0n) is 15.0. The van der Waals surface area contributed by atoms with E-state index >= 15 is 0 Å². The molecule has 0 radical (unpaired) electrons. The fraction of sp³-hybridized carbons (Fsp3) is 0.0909. The number of halogens is 1. The number of ether oxygens (including phenoxy) is 1. The van der Waals surface area contributed by atoms with Gasteiger partial charge < -0.3 is 14.5 Å². The van der Waals surface area contributed by atoms with Gasteiger partial charge in [-0.15, -0.1) is 0 Å². The van der Waals surface area contributed by atoms with Gasteiger partial charge in [0.25, 0.3) is 0 Å². The lowest BCUT2D eigenvalue weighted by molar-refractivity contribution is -0.114. The van der Waals surface area contributed by atoms with Gasteiger partial charge in [0.05, 0.1) is 5.56 Å². The van der Waals surface area contributed by atoms with E-state index < -0.39 is 11.6 Å². The molecule has 0 aliphatic heterocycles. The molecule has 140 valence electrons. The highest BCUT2D eigenvalue weighted by molar-refractivity contribution is 6.05. The van der Waals surface area contributed by atoms with Gasteiger partial charge in [-0.3, -0.25) is 9.59 Å². The summed E-state index contributed by atoms with van der Waals surface area (Å²) in [6.07, 6.45) is 0. The van der Waals surface area contributed by atoms with Crippen molar-refractivity contribution >= 4 is 39.3 Å². The molecular weight excluding hydrogens is 361 g/mol. The van der Waals surface area contributed by atoms with Crippen LogP contribution < -0.4 is 10.1 Å². The fourth-order valence-corrected chi connectivity index (χ4v) is 3.04. The van der Waals surface area contributed by atoms with Gasteiger partial charge in [0.1, 0.15) is 22.7 Å². The van der Waals surface area contributed by atoms with E-state index in [4.69, 9.17) is 9.15 Å². The Hall–Kier alpha value is -3.67. The number of carbonyl (C=O) groups excluding carboxylic acids is 2. The first-order chi connectivity index (χ1) is 13.5. The second kappa shape index (κ2) is 7.15. The van der Waals surface area contributed by atoms with Crippen LogP contribution in [-0.2, 0) is 4.79 Å². The maximum absolute atomic E-state index is 14.2. The van der Waals surface area contributed by atoms with E-state index in [1.54, 1.807) is 18.2 Å². The Morgan fingerprint density at radius 2 is 1.79 bits per heavy atom. The summed E-state index contributed by atoms with van der Waals surface area (Å²) in [6, 6.07) is 16.8. The minimum Gasteiger partial charge on any atom is -0.485 e. The highest BCUT2D eigenvalue weighted by Crippen LogP contribution is 2.31. The first kappa shape index (κ1) is 17.7. The second-order valence-electron chi connectivity index (χ2n) is 6.34. The second-order valence-corrected chi connectivity index (χ2v) is 6.34. The number of ketones is 1. The van der Waals surface area contributed by atoms with Crippen LogP contribution in [0.2, 0.25) is 0 Å². The van der Waals surface area contributed by atoms with Crippen molar-refractivity contribution in [3.8, 4) is 5.75 Å². The van der Waals surface area contributed by atoms with Crippen molar-refractivity contribution in [2.24, 2.45) is 0 Å². The smallest absolute Gasteiger partial charge is 0.221 e. The maximum Gasteiger partial charge on any atom is 0.221 e. The number of rotatable bonds is 5. The minimum absolute atomic E-state index is 0.0936. The molecule has 1 N–H and O–H groups in total. The molecule has 4 rings (SSSR count). The molecule has 0 saturated carbocycles. The predicted octanol–water partition coefficient (Wildman–Crippen LogP) is 4.95. The molecule has 0 aliphatic carbocycles. The largest absolute Gasteiger partial charge is 0.485 e. The molecule has 0 bridgehead atoms. The summed E-state index contributed by atoms with van der Waals surface area (Å²) in [6.45, 7) is 1.02. The normalized spacial score (nSPS) is 10.9. The van der Waals surface area contributed by atoms with Gasteiger partial charge in [-0.1, -0.05) is 18.2 Å². The van der Waals surface area contributed by atoms with Gasteiger partial charge in [-0.05, 0) is 42.5 Å². The number of carbonyl (C=O) groups is 2. The Bertz CT molecular complexity index is 1210. The van der Waals surface area contributed by atoms with Gasteiger partial charge in [-0.25, -0.2) is 4.39 Å². The first-order valence-electron chi connectivity index (χ1n) is 8.66. The summed E-state index contributed by atoms with van der Waals surface area (Å²) >= 11 is 0. The molecule has 1 amide bonds. The average Bonchev–Trinajstić information content (AvgIpc) is 3.04. The summed E-state index contributed by atoms with van der Waals surface area (Å²) in [4.78, 5) is 23.4. The number of benzene rings is 3. The number of hydrogen-bond acceptors (Lipinski definition) is 4. The topological polar surface area (TPSA) is 68.5 Å². The van der Waals surface area contributed by atoms with Gasteiger partial charge >= 0.3 is 0 Å². The number of fused-ring (bicyclic) bond motifs is 3. The summed E-state index contributed by atoms with van der Waals surface area (Å²) in [5.41, 5.74) is 1.69. The summed E-state index contributed by atoms with van der Waals surface area (Å²) in [5, 5.41) is 4.30. The number of para-hydroxylation sites is 1. The Morgan fingerprint density at radius 1 is 1.00 bits per heavy atom. The molecule has 5 nitrogen and oxygen atoms in total. The van der Waals surface area contributed by atoms with Crippen LogP contribution in [0.4, 0.5) is 10.1 Å². The molecule has 4 aromatic rings. The molecule has 1 heterocycles. The monoisotopic (exact) mass is 377 g/mol. The van der Waals surface area contributed by atoms with Crippen LogP contribution in [0.15, 0.2) is 65.1 Å². The molecule has 28 heavy (non-hydrogen) atoms. The minimum atomic E-state index is -0.712. The zero-order chi connectivity index (χ0) is 19.7. The van der Waals surface area contributed by atoms with Crippen LogP contribution in [0.1, 0.15) is 17.3 Å². The van der Waals surface area contributed by atoms with Crippen molar-refractivity contribution in [2.45, 2.75) is 6.92 Å². The molecule has 1 aromatic heterocycles. The molecular formula is C22H16FNO4. The number of furan rings is 1. The Kier molecular flexibility index (Phi) is 4.53. The molecule has 0 aliphatic rings. The van der Waals surface area contributed by atoms with Gasteiger partial charge in [0, 0.05) is 23.4 Å². The molecule has 0 unspecified atom stereocenters. The highest BCUT2D eigenvalue weighted by atomic mass is 19.1. The van der Waals surface area contributed by atoms with Crippen molar-refractivity contribution in [1.29, 1.82) is 0 Å². The summed E-state index contributed by atoms with van der Waals surface area (Å²) in [5.74, 6) is -1.04. The fourth-order valence-electron chi connectivity index (χ4n) is 3.04. The number of amides is 1. The molecule has 0 fully saturated rings. The van der Waals surface area contributed by atoms with Crippen LogP contribution >= 0.6 is 0 Å². The first-order valence-corrected chi connectivity index (χ1v) is 8.66. The summed E-state index contributed by atoms with van der Waals surface area (Å²) in [7, 11) is 0. The van der Waals surface area contributed by atoms with Gasteiger partial charge in [0.2, 0.25) is 11.7 Å². The van der Waals surface area contributed by atoms with E-state index in [1.165, 1.54) is 19.1 Å². The van der Waals surface area contributed by atoms with E-state index in [9.17, 15) is 14.0 Å². The predicted molar refractivity (Wildman–Crippen MR) is 104 cm³/mol. The number of anilines is 1. The van der Waals surface area contributed by atoms with Crippen LogP contribution in [-0.4, -0.2) is 18.3 Å². The number of nitrogens with one attached hydrogen (secondary N) is 1. The van der Waals surface area contributed by atoms with Crippen molar-refractivity contribution in [2.75, 3.05) is 11.9 Å². The van der Waals surface area contributed by atoms with E-state index in [2.05, 4.69) is 5.32 Å². The van der Waals surface area contributed by atoms with Crippen LogP contribution in [0.25, 0.3) is 21.9 Å². The van der Waals surface area contributed by atoms with Gasteiger partial charge in [-0.2, -0.15) is 0 Å². The average molecular weight is 377 g/mol. The number of hydrogen-bond donors (Lipinski definition) is 1. The van der Waals surface area contributed by atoms with E-state index in [-0.39, 0.29) is 18.1 Å². The van der Waals surface area contributed by atoms with Crippen LogP contribution in [0, 0.1) is 5.82 Å². The molecule has 0 spiro atoms. The third kappa shape index (κ3) is 3.44. The number of Topliss-reactive ketones (excluding diaryl/α,β-unsaturated/α-hetero) is 1. The van der Waals surface area contributed by atoms with Crippen LogP contribution in [0.5, 0.6) is 5.75 Å². The Labute approximate surface area is 159 Å². The SMILES string of the molecule is CC(=O)Nc1ccc(C(=O)COc2ccc3oc4ccccc4c3c2)c(F)c1. The third-order valence-corrected chi connectivity index (χ3v) is 4.31. The van der Waals surface area contributed by atoms with Gasteiger partial charge in [0.15, 0.2) is 6.61 Å². The standard InChI is InChI=1S/C22H16FNO4/c1-13(25)24-14-6-8-17(19(23)10-14)20(26)12-27-15-7-9-22-18(11-15)16-4-2-3-5-21(16)28-22/h2-11H,12H2,1H3,(H,24,25). The maximum atomic E-state index is 14.2. The molecule has 0 saturated heterocycles. The van der Waals surface area contributed by atoms with Crippen molar-refractivity contribution in [3.05, 3.63) is 72.0 Å².